The molecule has 1 aliphatic heterocycles. The third-order valence-electron chi connectivity index (χ3n) is 4.61. The maximum Gasteiger partial charge on any atom is 0.270 e. The van der Waals surface area contributed by atoms with Crippen LogP contribution >= 0.6 is 0 Å². The van der Waals surface area contributed by atoms with E-state index >= 15 is 0 Å². The van der Waals surface area contributed by atoms with Gasteiger partial charge in [-0.3, -0.25) is 9.78 Å². The zero-order chi connectivity index (χ0) is 17.4. The Morgan fingerprint density at radius 1 is 1.36 bits per heavy atom. The number of hydrogen-bond acceptors (Lipinski definition) is 6. The van der Waals surface area contributed by atoms with Crippen molar-refractivity contribution in [1.29, 1.82) is 0 Å². The van der Waals surface area contributed by atoms with Gasteiger partial charge >= 0.3 is 0 Å². The van der Waals surface area contributed by atoms with Crippen LogP contribution in [0.3, 0.4) is 0 Å². The van der Waals surface area contributed by atoms with E-state index in [1.54, 1.807) is 13.3 Å². The van der Waals surface area contributed by atoms with Crippen LogP contribution in [0.2, 0.25) is 0 Å². The summed E-state index contributed by atoms with van der Waals surface area (Å²) < 4.78 is 5.27. The molecule has 2 aliphatic rings. The summed E-state index contributed by atoms with van der Waals surface area (Å²) in [5, 5.41) is 2.88. The molecule has 0 spiro atoms. The Morgan fingerprint density at radius 2 is 2.20 bits per heavy atom. The predicted octanol–water partition coefficient (Wildman–Crippen LogP) is 1.68. The lowest BCUT2D eigenvalue weighted by Gasteiger charge is -2.25. The first kappa shape index (κ1) is 15.8. The van der Waals surface area contributed by atoms with E-state index in [2.05, 4.69) is 15.3 Å². The molecule has 25 heavy (non-hydrogen) atoms. The highest BCUT2D eigenvalue weighted by atomic mass is 16.5. The molecule has 0 aromatic carbocycles. The van der Waals surface area contributed by atoms with Crippen LogP contribution in [0, 0.1) is 0 Å². The monoisotopic (exact) mass is 339 g/mol. The van der Waals surface area contributed by atoms with Crippen molar-refractivity contribution in [1.82, 2.24) is 20.3 Å². The van der Waals surface area contributed by atoms with E-state index in [1.807, 2.05) is 24.1 Å². The number of nitrogens with one attached hydrogen (secondary N) is 1. The summed E-state index contributed by atoms with van der Waals surface area (Å²) in [6.07, 6.45) is 4.68. The number of pyridine rings is 1. The zero-order valence-electron chi connectivity index (χ0n) is 14.5. The summed E-state index contributed by atoms with van der Waals surface area (Å²) in [7, 11) is 3.62. The molecular formula is C18H21N5O2. The molecule has 0 saturated heterocycles. The first-order chi connectivity index (χ1) is 12.2. The fourth-order valence-corrected chi connectivity index (χ4v) is 3.12. The van der Waals surface area contributed by atoms with Gasteiger partial charge in [-0.2, -0.15) is 0 Å². The van der Waals surface area contributed by atoms with Crippen molar-refractivity contribution in [2.24, 2.45) is 0 Å². The number of methoxy groups -OCH3 is 1. The molecule has 0 bridgehead atoms. The number of hydrogen-bond donors (Lipinski definition) is 1. The third-order valence-corrected chi connectivity index (χ3v) is 4.61. The van der Waals surface area contributed by atoms with Crippen LogP contribution in [-0.4, -0.2) is 41.6 Å². The normalized spacial score (nSPS) is 16.2. The molecule has 3 heterocycles. The van der Waals surface area contributed by atoms with Crippen molar-refractivity contribution in [3.63, 3.8) is 0 Å². The van der Waals surface area contributed by atoms with E-state index in [9.17, 15) is 4.79 Å². The topological polar surface area (TPSA) is 80.2 Å². The Morgan fingerprint density at radius 3 is 2.96 bits per heavy atom. The summed E-state index contributed by atoms with van der Waals surface area (Å²) in [6.45, 7) is 1.21. The minimum Gasteiger partial charge on any atom is -0.497 e. The molecule has 1 N–H and O–H groups in total. The van der Waals surface area contributed by atoms with Gasteiger partial charge in [-0.15, -0.1) is 0 Å². The number of carbonyl (C=O) groups is 1. The van der Waals surface area contributed by atoms with Gasteiger partial charge in [0.15, 0.2) is 0 Å². The van der Waals surface area contributed by atoms with Crippen molar-refractivity contribution in [2.75, 3.05) is 25.6 Å². The number of ether oxygens (including phenoxy) is 1. The summed E-state index contributed by atoms with van der Waals surface area (Å²) in [4.78, 5) is 28.0. The van der Waals surface area contributed by atoms with Gasteiger partial charge in [-0.1, -0.05) is 0 Å². The quantitative estimate of drug-likeness (QED) is 0.893. The molecule has 1 aliphatic carbocycles. The predicted molar refractivity (Wildman–Crippen MR) is 92.9 cm³/mol. The lowest BCUT2D eigenvalue weighted by Crippen LogP contribution is -2.35. The summed E-state index contributed by atoms with van der Waals surface area (Å²) in [5.41, 5.74) is 2.35. The number of rotatable bonds is 5. The standard InChI is InChI=1S/C18H21N5O2/c1-23(10-12-9-13(25-2)5-7-19-12)17-14-6-8-20-18(24)15(14)21-16(22-17)11-3-4-11/h5,7,9,11H,3-4,6,8,10H2,1-2H3,(H,20,24). The first-order valence-corrected chi connectivity index (χ1v) is 8.54. The highest BCUT2D eigenvalue weighted by Crippen LogP contribution is 2.39. The molecule has 7 heteroatoms. The van der Waals surface area contributed by atoms with Gasteiger partial charge in [0, 0.05) is 37.3 Å². The first-order valence-electron chi connectivity index (χ1n) is 8.54. The molecule has 1 saturated carbocycles. The second-order valence-corrected chi connectivity index (χ2v) is 6.56. The van der Waals surface area contributed by atoms with E-state index in [0.29, 0.717) is 24.7 Å². The minimum absolute atomic E-state index is 0.0975. The van der Waals surface area contributed by atoms with Gasteiger partial charge in [0.1, 0.15) is 23.1 Å². The molecule has 7 nitrogen and oxygen atoms in total. The number of fused-ring (bicyclic) bond motifs is 1. The summed E-state index contributed by atoms with van der Waals surface area (Å²) >= 11 is 0. The maximum atomic E-state index is 12.2. The van der Waals surface area contributed by atoms with Crippen LogP contribution < -0.4 is 15.0 Å². The molecule has 1 amide bonds. The van der Waals surface area contributed by atoms with Crippen LogP contribution in [-0.2, 0) is 13.0 Å². The number of anilines is 1. The second-order valence-electron chi connectivity index (χ2n) is 6.56. The van der Waals surface area contributed by atoms with Gasteiger partial charge in [0.05, 0.1) is 19.3 Å². The van der Waals surface area contributed by atoms with Crippen molar-refractivity contribution < 1.29 is 9.53 Å². The Bertz CT molecular complexity index is 819. The van der Waals surface area contributed by atoms with E-state index in [1.165, 1.54) is 0 Å². The Balaban J connectivity index is 1.69. The molecule has 0 unspecified atom stereocenters. The molecule has 130 valence electrons. The maximum absolute atomic E-state index is 12.2. The fourth-order valence-electron chi connectivity index (χ4n) is 3.12. The van der Waals surface area contributed by atoms with Crippen molar-refractivity contribution >= 4 is 11.7 Å². The van der Waals surface area contributed by atoms with Crippen LogP contribution in [0.5, 0.6) is 5.75 Å². The van der Waals surface area contributed by atoms with E-state index in [0.717, 1.165) is 47.9 Å². The number of nitrogens with zero attached hydrogens (tertiary/aromatic N) is 4. The molecule has 0 atom stereocenters. The van der Waals surface area contributed by atoms with Gasteiger partial charge in [-0.05, 0) is 25.3 Å². The molecule has 2 aromatic heterocycles. The number of carbonyl (C=O) groups excluding carboxylic acids is 1. The largest absolute Gasteiger partial charge is 0.497 e. The number of aromatic nitrogens is 3. The highest BCUT2D eigenvalue weighted by Gasteiger charge is 2.32. The summed E-state index contributed by atoms with van der Waals surface area (Å²) in [5.74, 6) is 2.70. The fraction of sp³-hybridized carbons (Fsp3) is 0.444. The van der Waals surface area contributed by atoms with Gasteiger partial charge in [0.25, 0.3) is 5.91 Å². The molecule has 0 radical (unpaired) electrons. The molecule has 2 aromatic rings. The lowest BCUT2D eigenvalue weighted by molar-refractivity contribution is 0.0940. The third kappa shape index (κ3) is 3.14. The van der Waals surface area contributed by atoms with Crippen LogP contribution in [0.15, 0.2) is 18.3 Å². The van der Waals surface area contributed by atoms with E-state index in [-0.39, 0.29) is 5.91 Å². The highest BCUT2D eigenvalue weighted by molar-refractivity contribution is 5.96. The SMILES string of the molecule is COc1ccnc(CN(C)c2nc(C3CC3)nc3c2CCNC3=O)c1. The van der Waals surface area contributed by atoms with Gasteiger partial charge < -0.3 is 15.0 Å². The second kappa shape index (κ2) is 6.31. The smallest absolute Gasteiger partial charge is 0.270 e. The minimum atomic E-state index is -0.0975. The van der Waals surface area contributed by atoms with E-state index < -0.39 is 0 Å². The molecule has 4 rings (SSSR count). The Kier molecular flexibility index (Phi) is 3.99. The van der Waals surface area contributed by atoms with Gasteiger partial charge in [0.2, 0.25) is 0 Å². The molecular weight excluding hydrogens is 318 g/mol. The van der Waals surface area contributed by atoms with Crippen molar-refractivity contribution in [3.05, 3.63) is 41.1 Å². The average molecular weight is 339 g/mol. The Labute approximate surface area is 146 Å². The average Bonchev–Trinajstić information content (AvgIpc) is 3.46. The van der Waals surface area contributed by atoms with Crippen LogP contribution in [0.25, 0.3) is 0 Å². The number of amides is 1. The zero-order valence-corrected chi connectivity index (χ0v) is 14.5. The van der Waals surface area contributed by atoms with E-state index in [4.69, 9.17) is 9.72 Å². The Hall–Kier alpha value is -2.70. The van der Waals surface area contributed by atoms with Crippen molar-refractivity contribution in [2.45, 2.75) is 31.7 Å². The van der Waals surface area contributed by atoms with Crippen LogP contribution in [0.1, 0.15) is 46.3 Å². The van der Waals surface area contributed by atoms with Crippen LogP contribution in [0.4, 0.5) is 5.82 Å². The van der Waals surface area contributed by atoms with Crippen molar-refractivity contribution in [3.8, 4) is 5.75 Å². The summed E-state index contributed by atoms with van der Waals surface area (Å²) in [6, 6.07) is 3.74. The van der Waals surface area contributed by atoms with Gasteiger partial charge in [-0.25, -0.2) is 9.97 Å². The molecule has 1 fully saturated rings. The lowest BCUT2D eigenvalue weighted by atomic mass is 10.1.